The molecule has 5 saturated heterocycles. The van der Waals surface area contributed by atoms with E-state index in [1.807, 2.05) is 0 Å². The summed E-state index contributed by atoms with van der Waals surface area (Å²) < 4.78 is 52.3. The second kappa shape index (κ2) is 24.3. The van der Waals surface area contributed by atoms with E-state index in [2.05, 4.69) is 16.0 Å². The molecule has 0 aromatic rings. The van der Waals surface area contributed by atoms with Crippen molar-refractivity contribution < 1.29 is 138 Å². The zero-order valence-electron chi connectivity index (χ0n) is 38.0. The largest absolute Gasteiger partial charge is 0.477 e. The van der Waals surface area contributed by atoms with Crippen LogP contribution in [0.4, 0.5) is 0 Å². The van der Waals surface area contributed by atoms with Crippen LogP contribution in [0.25, 0.3) is 0 Å². The lowest BCUT2D eigenvalue weighted by Gasteiger charge is -2.52. The molecule has 3 amide bonds. The van der Waals surface area contributed by atoms with Gasteiger partial charge in [-0.2, -0.15) is 0 Å². The van der Waals surface area contributed by atoms with E-state index in [-0.39, 0.29) is 0 Å². The summed E-state index contributed by atoms with van der Waals surface area (Å²) in [5.74, 6) is -7.61. The van der Waals surface area contributed by atoms with E-state index in [1.54, 1.807) is 0 Å². The first-order chi connectivity index (χ1) is 32.8. The van der Waals surface area contributed by atoms with E-state index < -0.39 is 215 Å². The summed E-state index contributed by atoms with van der Waals surface area (Å²) in [6, 6.07) is -4.87. The van der Waals surface area contributed by atoms with Gasteiger partial charge < -0.3 is 135 Å². The van der Waals surface area contributed by atoms with Crippen molar-refractivity contribution in [2.45, 2.75) is 193 Å². The van der Waals surface area contributed by atoms with Crippen LogP contribution >= 0.6 is 0 Å². The maximum Gasteiger partial charge on any atom is 0.364 e. The molecule has 31 nitrogen and oxygen atoms in total. The molecule has 404 valence electrons. The fraction of sp³-hybridized carbons (Fsp3) is 0.897. The van der Waals surface area contributed by atoms with Gasteiger partial charge in [-0.3, -0.25) is 14.4 Å². The Hall–Kier alpha value is -3.04. The Balaban J connectivity index is 1.51. The van der Waals surface area contributed by atoms with Crippen LogP contribution in [-0.4, -0.2) is 286 Å². The molecule has 0 bridgehead atoms. The molecular formula is C39H65N3O28. The lowest BCUT2D eigenvalue weighted by Crippen LogP contribution is -2.71. The molecule has 0 radical (unpaired) electrons. The molecule has 70 heavy (non-hydrogen) atoms. The summed E-state index contributed by atoms with van der Waals surface area (Å²) in [5.41, 5.74) is 0. The van der Waals surface area contributed by atoms with E-state index >= 15 is 0 Å². The van der Waals surface area contributed by atoms with Crippen LogP contribution in [0.15, 0.2) is 0 Å². The van der Waals surface area contributed by atoms with Gasteiger partial charge in [0.1, 0.15) is 110 Å². The van der Waals surface area contributed by atoms with Gasteiger partial charge in [0.05, 0.1) is 44.7 Å². The summed E-state index contributed by atoms with van der Waals surface area (Å²) in [6.07, 6.45) is -43.9. The Labute approximate surface area is 397 Å². The number of hydrogen-bond donors (Lipinski definition) is 18. The highest BCUT2D eigenvalue weighted by atomic mass is 16.8. The summed E-state index contributed by atoms with van der Waals surface area (Å²) in [7, 11) is 0. The minimum Gasteiger partial charge on any atom is -0.477 e. The number of ether oxygens (including phenoxy) is 9. The number of carboxylic acid groups (broad SMARTS) is 1. The number of aliphatic hydroxyl groups excluding tert-OH is 14. The van der Waals surface area contributed by atoms with Gasteiger partial charge in [0.2, 0.25) is 17.7 Å². The maximum atomic E-state index is 13.1. The zero-order valence-corrected chi connectivity index (χ0v) is 38.0. The first kappa shape index (κ1) is 57.9. The number of carbonyl (C=O) groups is 4. The minimum absolute atomic E-state index is 0.688. The number of carboxylic acids is 1. The number of carbonyl (C=O) groups excluding carboxylic acids is 3. The molecule has 31 heteroatoms. The SMILES string of the molecule is CC(=O)N[C@H]1[C@H](OC[C@H]2O[C@@H](O)[C@@H](NC(C)=O)[C@@H](O)[C@@H]2O)O[C@H](CO)[C@@H](O[C@@H]2O[C@H](CO)[C@@H](O)[C@H](O[C@]3(C(=O)O)C[C@H](O)[C@@H](NC(C)=O)[C@H]([C@H](O)[C@H](O)CO)O3)[C@@H]2O)[C@@H]1O[C@@H]1O[C@H](C)[C@H](O)[C@H](O)[C@H]1O. The monoisotopic (exact) mass is 1020 g/mol. The van der Waals surface area contributed by atoms with E-state index in [4.69, 9.17) is 42.6 Å². The van der Waals surface area contributed by atoms with Crippen molar-refractivity contribution >= 4 is 23.7 Å². The molecule has 0 aromatic carbocycles. The van der Waals surface area contributed by atoms with Crippen LogP contribution in [0.5, 0.6) is 0 Å². The molecule has 5 aliphatic heterocycles. The molecule has 0 spiro atoms. The number of aliphatic hydroxyl groups is 14. The fourth-order valence-electron chi connectivity index (χ4n) is 8.78. The number of rotatable bonds is 18. The van der Waals surface area contributed by atoms with Crippen molar-refractivity contribution in [2.75, 3.05) is 26.4 Å². The molecule has 0 unspecified atom stereocenters. The summed E-state index contributed by atoms with van der Waals surface area (Å²) in [4.78, 5) is 49.6. The third-order valence-corrected chi connectivity index (χ3v) is 12.4. The second-order valence-corrected chi connectivity index (χ2v) is 17.6. The lowest BCUT2D eigenvalue weighted by atomic mass is 9.88. The highest BCUT2D eigenvalue weighted by Gasteiger charge is 2.61. The molecule has 0 aromatic heterocycles. The fourth-order valence-corrected chi connectivity index (χ4v) is 8.78. The summed E-state index contributed by atoms with van der Waals surface area (Å²) in [5, 5.41) is 168. The number of hydrogen-bond acceptors (Lipinski definition) is 27. The Bertz CT molecular complexity index is 1760. The standard InChI is InChI=1S/C39H65N3O28/c1-10-22(51)27(56)28(57)36(63-10)68-32-21(42-13(4)48)35(62-9-18-24(53)26(55)20(34(59)64-18)41-12(3)47)66-17(8-45)30(32)67-37-29(58)33(25(54)16(7-44)65-37)70-39(38(60)61)5-14(49)19(40-11(2)46)31(69-39)23(52)15(50)6-43/h10,14-37,43-45,49-59H,5-9H2,1-4H3,(H,40,46)(H,41,47)(H,42,48)(H,60,61)/t10-,14+,15-,16-,17-,18-,19-,20+,21-,22+,23-,24-,25-,26-,27+,28-,29+,30-,31-,32-,33+,34-,35-,36+,37+,39+/m1/s1. The van der Waals surface area contributed by atoms with Crippen LogP contribution in [0.3, 0.4) is 0 Å². The van der Waals surface area contributed by atoms with Crippen LogP contribution in [-0.2, 0) is 61.8 Å². The van der Waals surface area contributed by atoms with Crippen LogP contribution in [0, 0.1) is 0 Å². The van der Waals surface area contributed by atoms with Crippen LogP contribution in [0.1, 0.15) is 34.1 Å². The quantitative estimate of drug-likeness (QED) is 0.0606. The molecule has 18 N–H and O–H groups in total. The molecule has 5 aliphatic rings. The van der Waals surface area contributed by atoms with Gasteiger partial charge >= 0.3 is 5.97 Å². The number of nitrogens with one attached hydrogen (secondary N) is 3. The van der Waals surface area contributed by atoms with E-state index in [0.29, 0.717) is 0 Å². The van der Waals surface area contributed by atoms with E-state index in [1.165, 1.54) is 6.92 Å². The number of aliphatic carboxylic acids is 1. The predicted octanol–water partition coefficient (Wildman–Crippen LogP) is -11.3. The third-order valence-electron chi connectivity index (χ3n) is 12.4. The van der Waals surface area contributed by atoms with Gasteiger partial charge in [0, 0.05) is 27.2 Å². The first-order valence-corrected chi connectivity index (χ1v) is 22.1. The highest BCUT2D eigenvalue weighted by molar-refractivity contribution is 5.77. The van der Waals surface area contributed by atoms with Crippen LogP contribution < -0.4 is 16.0 Å². The Kier molecular flexibility index (Phi) is 20.1. The first-order valence-electron chi connectivity index (χ1n) is 22.1. The van der Waals surface area contributed by atoms with Crippen LogP contribution in [0.2, 0.25) is 0 Å². The normalized spacial score (nSPS) is 45.5. The number of amides is 3. The Morgan fingerprint density at radius 3 is 1.74 bits per heavy atom. The van der Waals surface area contributed by atoms with Crippen molar-refractivity contribution in [1.82, 2.24) is 16.0 Å². The van der Waals surface area contributed by atoms with Gasteiger partial charge in [-0.15, -0.1) is 0 Å². The van der Waals surface area contributed by atoms with Gasteiger partial charge in [0.15, 0.2) is 25.2 Å². The molecule has 5 rings (SSSR count). The van der Waals surface area contributed by atoms with Gasteiger partial charge in [-0.05, 0) is 6.92 Å². The molecule has 26 atom stereocenters. The topological polar surface area (TPSA) is 491 Å². The molecule has 0 saturated carbocycles. The van der Waals surface area contributed by atoms with Gasteiger partial charge in [-0.1, -0.05) is 0 Å². The average molecular weight is 1020 g/mol. The van der Waals surface area contributed by atoms with Crippen molar-refractivity contribution in [2.24, 2.45) is 0 Å². The molecule has 5 heterocycles. The second-order valence-electron chi connectivity index (χ2n) is 17.6. The van der Waals surface area contributed by atoms with Crippen molar-refractivity contribution in [3.8, 4) is 0 Å². The predicted molar refractivity (Wildman–Crippen MR) is 217 cm³/mol. The third kappa shape index (κ3) is 12.6. The van der Waals surface area contributed by atoms with Crippen molar-refractivity contribution in [1.29, 1.82) is 0 Å². The smallest absolute Gasteiger partial charge is 0.364 e. The van der Waals surface area contributed by atoms with Gasteiger partial charge in [-0.25, -0.2) is 4.79 Å². The van der Waals surface area contributed by atoms with Crippen molar-refractivity contribution in [3.63, 3.8) is 0 Å². The van der Waals surface area contributed by atoms with Gasteiger partial charge in [0.25, 0.3) is 5.79 Å². The molecular weight excluding hydrogens is 958 g/mol. The summed E-state index contributed by atoms with van der Waals surface area (Å²) >= 11 is 0. The molecule has 5 fully saturated rings. The highest BCUT2D eigenvalue weighted by Crippen LogP contribution is 2.39. The zero-order chi connectivity index (χ0) is 52.3. The van der Waals surface area contributed by atoms with Crippen molar-refractivity contribution in [3.05, 3.63) is 0 Å². The Morgan fingerprint density at radius 2 is 1.17 bits per heavy atom. The Morgan fingerprint density at radius 1 is 0.614 bits per heavy atom. The lowest BCUT2D eigenvalue weighted by molar-refractivity contribution is -0.392. The van der Waals surface area contributed by atoms with E-state index in [9.17, 15) is 95.8 Å². The average Bonchev–Trinajstić information content (AvgIpc) is 3.30. The summed E-state index contributed by atoms with van der Waals surface area (Å²) in [6.45, 7) is 0.271. The minimum atomic E-state index is -3.19. The maximum absolute atomic E-state index is 13.1. The molecule has 0 aliphatic carbocycles. The van der Waals surface area contributed by atoms with E-state index in [0.717, 1.165) is 20.8 Å².